The Hall–Kier alpha value is -6.91. The molecule has 67 heavy (non-hydrogen) atoms. The summed E-state index contributed by atoms with van der Waals surface area (Å²) in [6.07, 6.45) is -0.265. The van der Waals surface area contributed by atoms with Gasteiger partial charge in [0.25, 0.3) is 0 Å². The van der Waals surface area contributed by atoms with Crippen molar-refractivity contribution in [1.29, 1.82) is 0 Å². The highest BCUT2D eigenvalue weighted by atomic mass is 19.2. The first kappa shape index (κ1) is 49.5. The van der Waals surface area contributed by atoms with Crippen molar-refractivity contribution in [3.8, 4) is 0 Å². The normalized spacial score (nSPS) is 11.8. The monoisotopic (exact) mass is 969 g/mol. The van der Waals surface area contributed by atoms with Crippen LogP contribution in [-0.2, 0) is 6.54 Å². The van der Waals surface area contributed by atoms with Crippen molar-refractivity contribution in [2.75, 3.05) is 6.61 Å². The highest BCUT2D eigenvalue weighted by molar-refractivity contribution is 7.20. The Labute approximate surface area is 362 Å². The Bertz CT molecular complexity index is 2750. The van der Waals surface area contributed by atoms with Gasteiger partial charge in [-0.05, 0) is 17.9 Å². The molecule has 7 aromatic rings. The molecule has 0 aliphatic carbocycles. The van der Waals surface area contributed by atoms with Crippen molar-refractivity contribution in [3.05, 3.63) is 201 Å². The molecule has 1 N–H and O–H groups in total. The fraction of sp³-hybridized carbons (Fsp3) is 0.0682. The fourth-order valence-corrected chi connectivity index (χ4v) is 7.53. The highest BCUT2D eigenvalue weighted by Gasteiger charge is 2.52. The summed E-state index contributed by atoms with van der Waals surface area (Å²) in [4.78, 5) is 0. The Morgan fingerprint density at radius 3 is 1.04 bits per heavy atom. The number of halogens is 20. The van der Waals surface area contributed by atoms with Crippen LogP contribution in [0.1, 0.15) is 17.7 Å². The van der Waals surface area contributed by atoms with Crippen molar-refractivity contribution < 1.29 is 97.5 Å². The lowest BCUT2D eigenvalue weighted by Crippen LogP contribution is -2.81. The van der Waals surface area contributed by atoms with Crippen LogP contribution in [0.15, 0.2) is 72.9 Å². The molecular formula is C44H20BF20NO. The second-order valence-electron chi connectivity index (χ2n) is 14.1. The van der Waals surface area contributed by atoms with E-state index < -0.39 is 144 Å². The summed E-state index contributed by atoms with van der Waals surface area (Å²) in [5, 5.41) is 11.5. The number of fused-ring (bicyclic) bond motifs is 1. The molecule has 0 saturated heterocycles. The van der Waals surface area contributed by atoms with Crippen molar-refractivity contribution in [2.24, 2.45) is 0 Å². The number of pyridine rings is 1. The average molecular weight is 969 g/mol. The van der Waals surface area contributed by atoms with Gasteiger partial charge in [0, 0.05) is 24.3 Å². The number of hydrogen-bond acceptors (Lipinski definition) is 1. The molecule has 6 aromatic carbocycles. The van der Waals surface area contributed by atoms with Crippen LogP contribution in [0.2, 0.25) is 0 Å². The van der Waals surface area contributed by atoms with Gasteiger partial charge in [-0.25, -0.2) is 87.8 Å². The van der Waals surface area contributed by atoms with Crippen molar-refractivity contribution in [3.63, 3.8) is 0 Å². The molecule has 23 heteroatoms. The molecule has 2 nitrogen and oxygen atoms in total. The van der Waals surface area contributed by atoms with Crippen LogP contribution in [-0.4, -0.2) is 17.9 Å². The number of aliphatic hydroxyl groups is 1. The molecule has 0 aliphatic heterocycles. The minimum atomic E-state index is -7.22. The van der Waals surface area contributed by atoms with Crippen LogP contribution >= 0.6 is 0 Å². The van der Waals surface area contributed by atoms with Crippen LogP contribution in [0.3, 0.4) is 0 Å². The van der Waals surface area contributed by atoms with Gasteiger partial charge >= 0.3 is 0 Å². The van der Waals surface area contributed by atoms with Crippen molar-refractivity contribution in [1.82, 2.24) is 0 Å². The first-order chi connectivity index (χ1) is 31.6. The second-order valence-corrected chi connectivity index (χ2v) is 14.1. The summed E-state index contributed by atoms with van der Waals surface area (Å²) in [6.45, 7) is 1.02. The van der Waals surface area contributed by atoms with Crippen LogP contribution < -0.4 is 26.4 Å². The molecule has 0 fully saturated rings. The third-order valence-electron chi connectivity index (χ3n) is 10.5. The molecule has 0 radical (unpaired) electrons. The molecule has 350 valence electrons. The number of nitrogens with zero attached hydrogens (tertiary/aromatic N) is 1. The van der Waals surface area contributed by atoms with Crippen LogP contribution in [0, 0.1) is 116 Å². The van der Waals surface area contributed by atoms with Crippen LogP contribution in [0.4, 0.5) is 87.8 Å². The number of benzene rings is 6. The molecule has 0 saturated carbocycles. The molecule has 0 atom stereocenters. The van der Waals surface area contributed by atoms with E-state index in [2.05, 4.69) is 71.4 Å². The number of aromatic nitrogens is 1. The van der Waals surface area contributed by atoms with E-state index in [1.54, 1.807) is 0 Å². The quantitative estimate of drug-likeness (QED) is 0.0504. The summed E-state index contributed by atoms with van der Waals surface area (Å²) < 4.78 is 296. The summed E-state index contributed by atoms with van der Waals surface area (Å²) in [6, 6.07) is 21.0. The largest absolute Gasteiger partial charge is 0.396 e. The van der Waals surface area contributed by atoms with E-state index in [-0.39, 0.29) is 6.61 Å². The molecular weight excluding hydrogens is 949 g/mol. The third-order valence-corrected chi connectivity index (χ3v) is 10.5. The van der Waals surface area contributed by atoms with Crippen molar-refractivity contribution in [2.45, 2.75) is 13.0 Å². The van der Waals surface area contributed by atoms with E-state index in [1.165, 1.54) is 22.0 Å². The van der Waals surface area contributed by atoms with E-state index in [1.807, 2.05) is 12.1 Å². The van der Waals surface area contributed by atoms with Gasteiger partial charge < -0.3 is 5.11 Å². The third kappa shape index (κ3) is 8.11. The van der Waals surface area contributed by atoms with Gasteiger partial charge in [-0.3, -0.25) is 0 Å². The first-order valence-electron chi connectivity index (χ1n) is 18.5. The summed E-state index contributed by atoms with van der Waals surface area (Å²) in [7, 11) is 0. The number of rotatable bonds is 9. The van der Waals surface area contributed by atoms with E-state index in [0.29, 0.717) is 6.42 Å². The van der Waals surface area contributed by atoms with Gasteiger partial charge in [-0.1, -0.05) is 54.6 Å². The maximum absolute atomic E-state index is 15.4. The molecule has 1 heterocycles. The fourth-order valence-electron chi connectivity index (χ4n) is 7.53. The van der Waals surface area contributed by atoms with E-state index in [9.17, 15) is 52.7 Å². The Kier molecular flexibility index (Phi) is 14.1. The minimum absolute atomic E-state index is 0.181. The zero-order valence-electron chi connectivity index (χ0n) is 32.7. The predicted molar refractivity (Wildman–Crippen MR) is 200 cm³/mol. The Morgan fingerprint density at radius 1 is 0.388 bits per heavy atom. The zero-order valence-corrected chi connectivity index (χ0v) is 32.7. The van der Waals surface area contributed by atoms with Crippen LogP contribution in [0.25, 0.3) is 16.8 Å². The molecule has 0 bridgehead atoms. The standard InChI is InChI=1S/C24BF20.C20H20NO/c26-5-1(6(27)14(35)21(42)13(5)34)25(2-7(28)15(36)22(43)16(37)8(2)29,3-9(30)17(38)23(44)18(39)10(3)31)4-11(32)19(40)24(45)20(41)12(4)33;22-15-7-6-12-20-19-11-5-4-10-18(19)13-14-21(20)16-17-8-2-1-3-9-17/h;1-6,8-14,22H,7,15-16H2/q-1;+1. The topological polar surface area (TPSA) is 24.1 Å². The molecule has 0 unspecified atom stereocenters. The predicted octanol–water partition coefficient (Wildman–Crippen LogP) is 9.42. The van der Waals surface area contributed by atoms with Crippen LogP contribution in [0.5, 0.6) is 0 Å². The zero-order chi connectivity index (χ0) is 49.6. The summed E-state index contributed by atoms with van der Waals surface area (Å²) in [5.41, 5.74) is -11.9. The smallest absolute Gasteiger partial charge is 0.213 e. The molecule has 0 aliphatic rings. The van der Waals surface area contributed by atoms with Gasteiger partial charge in [0.15, 0.2) is 82.5 Å². The number of hydrogen-bond donors (Lipinski definition) is 1. The van der Waals surface area contributed by atoms with Gasteiger partial charge in [-0.15, -0.1) is 21.9 Å². The van der Waals surface area contributed by atoms with Gasteiger partial charge in [0.05, 0.1) is 5.39 Å². The average Bonchev–Trinajstić information content (AvgIpc) is 3.32. The second kappa shape index (κ2) is 19.1. The molecule has 0 amide bonds. The Morgan fingerprint density at radius 2 is 0.701 bits per heavy atom. The Balaban J connectivity index is 0.000000279. The molecule has 0 spiro atoms. The lowest BCUT2D eigenvalue weighted by Gasteiger charge is -2.44. The lowest BCUT2D eigenvalue weighted by atomic mass is 9.12. The summed E-state index contributed by atoms with van der Waals surface area (Å²) in [5.74, 6) is -71.4. The maximum atomic E-state index is 15.4. The SMILES string of the molecule is Fc1c(F)c(F)c([B-](c2c(F)c(F)c(F)c(F)c2F)(c2c(F)c(F)c(F)c(F)c2F)c2c(F)c(F)c(F)c(F)c2F)c(F)c1F.OCCC=Cc1c2ccccc2cc[n+]1Cc1ccccc1. The van der Waals surface area contributed by atoms with Gasteiger partial charge in [-0.2, -0.15) is 4.57 Å². The highest BCUT2D eigenvalue weighted by Crippen LogP contribution is 2.31. The number of aliphatic hydroxyl groups excluding tert-OH is 1. The molecule has 7 rings (SSSR count). The van der Waals surface area contributed by atoms with E-state index in [0.717, 1.165) is 6.54 Å². The van der Waals surface area contributed by atoms with Crippen molar-refractivity contribution >= 4 is 44.8 Å². The van der Waals surface area contributed by atoms with E-state index >= 15 is 35.1 Å². The molecule has 1 aromatic heterocycles. The van der Waals surface area contributed by atoms with Gasteiger partial charge in [0.2, 0.25) is 5.69 Å². The first-order valence-corrected chi connectivity index (χ1v) is 18.5. The minimum Gasteiger partial charge on any atom is -0.396 e. The van der Waals surface area contributed by atoms with Gasteiger partial charge in [0.1, 0.15) is 52.7 Å². The maximum Gasteiger partial charge on any atom is 0.213 e. The summed E-state index contributed by atoms with van der Waals surface area (Å²) >= 11 is 0. The van der Waals surface area contributed by atoms with E-state index in [4.69, 9.17) is 5.11 Å². The lowest BCUT2D eigenvalue weighted by molar-refractivity contribution is -0.688.